The molecule has 0 bridgehead atoms. The normalized spacial score (nSPS) is 10.9. The first-order chi connectivity index (χ1) is 9.76. The fraction of sp³-hybridized carbons (Fsp3) is 0.0833. The second kappa shape index (κ2) is 6.04. The molecule has 3 N–H and O–H groups in total. The summed E-state index contributed by atoms with van der Waals surface area (Å²) in [6.07, 6.45) is 1.78. The van der Waals surface area contributed by atoms with Crippen molar-refractivity contribution in [1.29, 1.82) is 0 Å². The summed E-state index contributed by atoms with van der Waals surface area (Å²) in [4.78, 5) is 14.2. The van der Waals surface area contributed by atoms with E-state index in [-0.39, 0.29) is 0 Å². The van der Waals surface area contributed by atoms with Crippen molar-refractivity contribution < 1.29 is 0 Å². The number of nitrogens with one attached hydrogen (secondary N) is 1. The van der Waals surface area contributed by atoms with Gasteiger partial charge in [-0.25, -0.2) is 20.8 Å². The molecule has 0 aliphatic heterocycles. The molecule has 0 saturated heterocycles. The summed E-state index contributed by atoms with van der Waals surface area (Å²) in [5, 5.41) is 3.87. The lowest BCUT2D eigenvalue weighted by Gasteiger charge is -2.05. The summed E-state index contributed by atoms with van der Waals surface area (Å²) in [7, 11) is 0. The van der Waals surface area contributed by atoms with Crippen LogP contribution in [0.25, 0.3) is 10.2 Å². The van der Waals surface area contributed by atoms with Crippen LogP contribution < -0.4 is 11.3 Å². The Hall–Kier alpha value is -1.22. The third-order valence-corrected chi connectivity index (χ3v) is 4.77. The van der Waals surface area contributed by atoms with Gasteiger partial charge in [0.05, 0.1) is 16.2 Å². The fourth-order valence-electron chi connectivity index (χ4n) is 1.66. The Bertz CT molecular complexity index is 728. The zero-order valence-corrected chi connectivity index (χ0v) is 13.4. The lowest BCUT2D eigenvalue weighted by atomic mass is 10.4. The average molecular weight is 368 g/mol. The second-order valence-electron chi connectivity index (χ2n) is 3.88. The number of rotatable bonds is 4. The molecule has 0 amide bonds. The maximum atomic E-state index is 5.51. The van der Waals surface area contributed by atoms with Crippen LogP contribution in [0.15, 0.2) is 39.3 Å². The van der Waals surface area contributed by atoms with E-state index < -0.39 is 0 Å². The highest BCUT2D eigenvalue weighted by atomic mass is 79.9. The van der Waals surface area contributed by atoms with Crippen molar-refractivity contribution in [2.24, 2.45) is 5.84 Å². The predicted molar refractivity (Wildman–Crippen MR) is 86.7 cm³/mol. The average Bonchev–Trinajstić information content (AvgIpc) is 2.94. The van der Waals surface area contributed by atoms with Crippen LogP contribution in [0.1, 0.15) is 5.82 Å². The number of thiophene rings is 1. The van der Waals surface area contributed by atoms with Crippen LogP contribution in [-0.2, 0) is 5.75 Å². The number of aromatic nitrogens is 3. The number of hydrazine groups is 1. The minimum absolute atomic E-state index is 0.650. The third kappa shape index (κ3) is 2.93. The van der Waals surface area contributed by atoms with Crippen molar-refractivity contribution >= 4 is 55.1 Å². The van der Waals surface area contributed by atoms with E-state index in [1.54, 1.807) is 29.3 Å². The third-order valence-electron chi connectivity index (χ3n) is 2.56. The first-order valence-electron chi connectivity index (χ1n) is 5.71. The molecule has 0 aliphatic carbocycles. The number of pyridine rings is 1. The van der Waals surface area contributed by atoms with E-state index in [2.05, 4.69) is 36.3 Å². The van der Waals surface area contributed by atoms with Crippen molar-refractivity contribution in [1.82, 2.24) is 15.0 Å². The van der Waals surface area contributed by atoms with Crippen LogP contribution in [0.4, 0.5) is 5.82 Å². The first-order valence-corrected chi connectivity index (χ1v) is 8.37. The maximum Gasteiger partial charge on any atom is 0.152 e. The standard InChI is InChI=1S/C12H10BrN5S2/c13-7-1-2-10(15-5-7)20-6-9-16-11(18-14)8-3-4-19-12(8)17-9/h1-5H,6,14H2,(H,16,17,18). The highest BCUT2D eigenvalue weighted by molar-refractivity contribution is 9.10. The Kier molecular flexibility index (Phi) is 4.16. The Morgan fingerprint density at radius 1 is 1.30 bits per heavy atom. The zero-order chi connectivity index (χ0) is 13.9. The van der Waals surface area contributed by atoms with E-state index in [4.69, 9.17) is 5.84 Å². The number of hydrogen-bond acceptors (Lipinski definition) is 7. The van der Waals surface area contributed by atoms with Gasteiger partial charge < -0.3 is 5.43 Å². The lowest BCUT2D eigenvalue weighted by Crippen LogP contribution is -2.10. The van der Waals surface area contributed by atoms with Crippen molar-refractivity contribution in [3.05, 3.63) is 40.1 Å². The summed E-state index contributed by atoms with van der Waals surface area (Å²) in [6, 6.07) is 5.88. The van der Waals surface area contributed by atoms with Crippen molar-refractivity contribution in [2.75, 3.05) is 5.43 Å². The monoisotopic (exact) mass is 367 g/mol. The molecule has 0 aromatic carbocycles. The number of fused-ring (bicyclic) bond motifs is 1. The molecular formula is C12H10BrN5S2. The van der Waals surface area contributed by atoms with Gasteiger partial charge in [-0.05, 0) is 39.5 Å². The maximum absolute atomic E-state index is 5.51. The van der Waals surface area contributed by atoms with Crippen molar-refractivity contribution in [3.63, 3.8) is 0 Å². The summed E-state index contributed by atoms with van der Waals surface area (Å²) in [5.74, 6) is 7.56. The van der Waals surface area contributed by atoms with E-state index in [9.17, 15) is 0 Å². The highest BCUT2D eigenvalue weighted by Gasteiger charge is 2.08. The number of anilines is 1. The number of thioether (sulfide) groups is 1. The van der Waals surface area contributed by atoms with Crippen LogP contribution in [0.5, 0.6) is 0 Å². The van der Waals surface area contributed by atoms with Gasteiger partial charge in [-0.3, -0.25) is 0 Å². The topological polar surface area (TPSA) is 76.7 Å². The molecule has 0 fully saturated rings. The number of nitrogens with zero attached hydrogens (tertiary/aromatic N) is 3. The molecule has 3 aromatic heterocycles. The van der Waals surface area contributed by atoms with Gasteiger partial charge in [0, 0.05) is 10.7 Å². The van der Waals surface area contributed by atoms with Gasteiger partial charge in [-0.1, -0.05) is 11.8 Å². The van der Waals surface area contributed by atoms with Gasteiger partial charge >= 0.3 is 0 Å². The van der Waals surface area contributed by atoms with E-state index in [1.165, 1.54) is 0 Å². The van der Waals surface area contributed by atoms with Crippen molar-refractivity contribution in [3.8, 4) is 0 Å². The number of halogens is 1. The Morgan fingerprint density at radius 2 is 2.20 bits per heavy atom. The van der Waals surface area contributed by atoms with Crippen LogP contribution >= 0.6 is 39.0 Å². The lowest BCUT2D eigenvalue weighted by molar-refractivity contribution is 1.05. The Morgan fingerprint density at radius 3 is 2.95 bits per heavy atom. The quantitative estimate of drug-likeness (QED) is 0.417. The summed E-state index contributed by atoms with van der Waals surface area (Å²) >= 11 is 6.53. The zero-order valence-electron chi connectivity index (χ0n) is 10.2. The minimum Gasteiger partial charge on any atom is -0.308 e. The largest absolute Gasteiger partial charge is 0.308 e. The molecule has 0 spiro atoms. The first kappa shape index (κ1) is 13.7. The van der Waals surface area contributed by atoms with Crippen LogP contribution in [-0.4, -0.2) is 15.0 Å². The van der Waals surface area contributed by atoms with Gasteiger partial charge in [0.1, 0.15) is 10.7 Å². The molecule has 3 aromatic rings. The molecule has 3 heterocycles. The molecule has 20 heavy (non-hydrogen) atoms. The molecule has 8 heteroatoms. The van der Waals surface area contributed by atoms with E-state index in [0.717, 1.165) is 25.5 Å². The SMILES string of the molecule is NNc1nc(CSc2ccc(Br)cn2)nc2sccc12. The van der Waals surface area contributed by atoms with Gasteiger partial charge in [-0.2, -0.15) is 0 Å². The summed E-state index contributed by atoms with van der Waals surface area (Å²) in [5.41, 5.74) is 2.63. The molecule has 0 unspecified atom stereocenters. The fourth-order valence-corrected chi connectivity index (χ4v) is 3.38. The number of hydrogen-bond donors (Lipinski definition) is 2. The van der Waals surface area contributed by atoms with Crippen LogP contribution in [0.3, 0.4) is 0 Å². The van der Waals surface area contributed by atoms with Gasteiger partial charge in [0.15, 0.2) is 5.82 Å². The second-order valence-corrected chi connectivity index (χ2v) is 6.68. The molecule has 3 rings (SSSR count). The molecule has 5 nitrogen and oxygen atoms in total. The molecule has 0 atom stereocenters. The molecule has 102 valence electrons. The van der Waals surface area contributed by atoms with Gasteiger partial charge in [-0.15, -0.1) is 11.3 Å². The van der Waals surface area contributed by atoms with Gasteiger partial charge in [0.2, 0.25) is 0 Å². The minimum atomic E-state index is 0.650. The molecule has 0 radical (unpaired) electrons. The summed E-state index contributed by atoms with van der Waals surface area (Å²) in [6.45, 7) is 0. The summed E-state index contributed by atoms with van der Waals surface area (Å²) < 4.78 is 0.965. The number of nitrogens with two attached hydrogens (primary N) is 1. The van der Waals surface area contributed by atoms with E-state index >= 15 is 0 Å². The highest BCUT2D eigenvalue weighted by Crippen LogP contribution is 2.27. The molecule has 0 aliphatic rings. The smallest absolute Gasteiger partial charge is 0.152 e. The van der Waals surface area contributed by atoms with Crippen LogP contribution in [0.2, 0.25) is 0 Å². The van der Waals surface area contributed by atoms with Crippen molar-refractivity contribution in [2.45, 2.75) is 10.8 Å². The van der Waals surface area contributed by atoms with E-state index in [1.807, 2.05) is 23.6 Å². The molecular weight excluding hydrogens is 358 g/mol. The molecule has 0 saturated carbocycles. The van der Waals surface area contributed by atoms with E-state index in [0.29, 0.717) is 11.6 Å². The predicted octanol–water partition coefficient (Wildman–Crippen LogP) is 3.43. The number of nitrogen functional groups attached to an aromatic ring is 1. The van der Waals surface area contributed by atoms with Crippen LogP contribution in [0, 0.1) is 0 Å². The Balaban J connectivity index is 1.81. The van der Waals surface area contributed by atoms with Gasteiger partial charge in [0.25, 0.3) is 0 Å². The Labute approximate surface area is 132 Å².